The third kappa shape index (κ3) is 5.08. The van der Waals surface area contributed by atoms with E-state index in [4.69, 9.17) is 9.90 Å². The first-order valence-electron chi connectivity index (χ1n) is 3.18. The lowest BCUT2D eigenvalue weighted by Crippen LogP contribution is -1.78. The van der Waals surface area contributed by atoms with Crippen LogP contribution in [0.1, 0.15) is 11.3 Å². The Balaban J connectivity index is 0.000000292. The van der Waals surface area contributed by atoms with E-state index >= 15 is 0 Å². The van der Waals surface area contributed by atoms with E-state index in [1.807, 2.05) is 26.1 Å². The van der Waals surface area contributed by atoms with Gasteiger partial charge in [-0.15, -0.1) is 0 Å². The first-order chi connectivity index (χ1) is 5.20. The monoisotopic (exact) mass is 153 g/mol. The summed E-state index contributed by atoms with van der Waals surface area (Å²) < 4.78 is 0. The average Bonchev–Trinajstić information content (AvgIpc) is 1.97. The topological polar surface area (TPSA) is 50.2 Å². The molecule has 1 heterocycles. The lowest BCUT2D eigenvalue weighted by Gasteiger charge is -1.89. The minimum absolute atomic E-state index is 0.250. The van der Waals surface area contributed by atoms with Crippen LogP contribution >= 0.6 is 0 Å². The molecule has 1 aromatic heterocycles. The summed E-state index contributed by atoms with van der Waals surface area (Å²) in [7, 11) is 0. The number of aromatic nitrogens is 1. The molecular weight excluding hydrogens is 142 g/mol. The summed E-state index contributed by atoms with van der Waals surface area (Å²) in [4.78, 5) is 12.4. The van der Waals surface area contributed by atoms with Crippen molar-refractivity contribution in [1.82, 2.24) is 4.98 Å². The Kier molecular flexibility index (Phi) is 4.73. The Morgan fingerprint density at radius 1 is 1.45 bits per heavy atom. The Morgan fingerprint density at radius 3 is 2.27 bits per heavy atom. The predicted molar refractivity (Wildman–Crippen MR) is 42.4 cm³/mol. The SMILES string of the molecule is Cc1ccc(C)nc1.O=CO. The molecule has 0 amide bonds. The van der Waals surface area contributed by atoms with E-state index in [0.717, 1.165) is 5.69 Å². The van der Waals surface area contributed by atoms with Crippen molar-refractivity contribution in [2.45, 2.75) is 13.8 Å². The lowest BCUT2D eigenvalue weighted by molar-refractivity contribution is -0.122. The smallest absolute Gasteiger partial charge is 0.290 e. The summed E-state index contributed by atoms with van der Waals surface area (Å²) >= 11 is 0. The van der Waals surface area contributed by atoms with Crippen molar-refractivity contribution in [3.8, 4) is 0 Å². The fraction of sp³-hybridized carbons (Fsp3) is 0.250. The molecule has 0 aromatic carbocycles. The van der Waals surface area contributed by atoms with E-state index in [9.17, 15) is 0 Å². The van der Waals surface area contributed by atoms with Gasteiger partial charge in [0.05, 0.1) is 0 Å². The highest BCUT2D eigenvalue weighted by molar-refractivity contribution is 5.32. The maximum Gasteiger partial charge on any atom is 0.290 e. The second kappa shape index (κ2) is 5.41. The van der Waals surface area contributed by atoms with Crippen molar-refractivity contribution >= 4 is 6.47 Å². The first kappa shape index (κ1) is 9.62. The summed E-state index contributed by atoms with van der Waals surface area (Å²) in [6.45, 7) is 3.77. The van der Waals surface area contributed by atoms with Crippen LogP contribution < -0.4 is 0 Å². The van der Waals surface area contributed by atoms with E-state index in [-0.39, 0.29) is 6.47 Å². The molecule has 1 N–H and O–H groups in total. The second-order valence-electron chi connectivity index (χ2n) is 2.08. The molecule has 0 saturated carbocycles. The molecule has 1 aromatic rings. The molecule has 0 saturated heterocycles. The fourth-order valence-corrected chi connectivity index (χ4v) is 0.542. The molecule has 3 nitrogen and oxygen atoms in total. The molecular formula is C8H11NO2. The van der Waals surface area contributed by atoms with Crippen LogP contribution in [0.4, 0.5) is 0 Å². The summed E-state index contributed by atoms with van der Waals surface area (Å²) in [5.41, 5.74) is 2.30. The molecule has 0 aliphatic heterocycles. The number of carboxylic acid groups (broad SMARTS) is 1. The average molecular weight is 153 g/mol. The molecule has 0 aliphatic carbocycles. The Bertz CT molecular complexity index is 185. The first-order valence-corrected chi connectivity index (χ1v) is 3.18. The third-order valence-corrected chi connectivity index (χ3v) is 1.06. The van der Waals surface area contributed by atoms with Crippen LogP contribution in [0.25, 0.3) is 0 Å². The molecule has 0 fully saturated rings. The standard InChI is InChI=1S/C7H9N.CH2O2/c1-6-3-4-7(2)8-5-6;2-1-3/h3-5H,1-2H3;1H,(H,2,3). The maximum absolute atomic E-state index is 8.36. The van der Waals surface area contributed by atoms with Crippen molar-refractivity contribution in [2.75, 3.05) is 0 Å². The molecule has 60 valence electrons. The van der Waals surface area contributed by atoms with Crippen molar-refractivity contribution in [3.05, 3.63) is 29.6 Å². The molecule has 11 heavy (non-hydrogen) atoms. The number of nitrogens with zero attached hydrogens (tertiary/aromatic N) is 1. The molecule has 1 rings (SSSR count). The van der Waals surface area contributed by atoms with Gasteiger partial charge in [0.25, 0.3) is 6.47 Å². The van der Waals surface area contributed by atoms with Gasteiger partial charge in [0, 0.05) is 11.9 Å². The van der Waals surface area contributed by atoms with Gasteiger partial charge in [-0.2, -0.15) is 0 Å². The Labute approximate surface area is 65.7 Å². The van der Waals surface area contributed by atoms with Crippen molar-refractivity contribution in [2.24, 2.45) is 0 Å². The summed E-state index contributed by atoms with van der Waals surface area (Å²) in [5, 5.41) is 6.89. The van der Waals surface area contributed by atoms with Crippen LogP contribution in [-0.4, -0.2) is 16.6 Å². The van der Waals surface area contributed by atoms with E-state index in [0.29, 0.717) is 0 Å². The highest BCUT2D eigenvalue weighted by Crippen LogP contribution is 1.94. The van der Waals surface area contributed by atoms with Gasteiger partial charge >= 0.3 is 0 Å². The van der Waals surface area contributed by atoms with Crippen LogP contribution in [0.2, 0.25) is 0 Å². The van der Waals surface area contributed by atoms with Gasteiger partial charge in [0.2, 0.25) is 0 Å². The Morgan fingerprint density at radius 2 is 2.00 bits per heavy atom. The molecule has 0 atom stereocenters. The molecule has 0 bridgehead atoms. The summed E-state index contributed by atoms with van der Waals surface area (Å²) in [6, 6.07) is 4.07. The fourth-order valence-electron chi connectivity index (χ4n) is 0.542. The largest absolute Gasteiger partial charge is 0.483 e. The molecule has 0 aliphatic rings. The quantitative estimate of drug-likeness (QED) is 0.573. The van der Waals surface area contributed by atoms with Gasteiger partial charge in [0.15, 0.2) is 0 Å². The van der Waals surface area contributed by atoms with Gasteiger partial charge in [-0.3, -0.25) is 9.78 Å². The van der Waals surface area contributed by atoms with Crippen molar-refractivity contribution < 1.29 is 9.90 Å². The van der Waals surface area contributed by atoms with E-state index in [2.05, 4.69) is 11.1 Å². The van der Waals surface area contributed by atoms with Crippen LogP contribution in [0, 0.1) is 13.8 Å². The van der Waals surface area contributed by atoms with Crippen LogP contribution in [-0.2, 0) is 4.79 Å². The number of aryl methyl sites for hydroxylation is 2. The zero-order chi connectivity index (χ0) is 8.69. The van der Waals surface area contributed by atoms with E-state index in [1.54, 1.807) is 0 Å². The van der Waals surface area contributed by atoms with Gasteiger partial charge in [-0.1, -0.05) is 6.07 Å². The number of carbonyl (C=O) groups is 1. The molecule has 0 spiro atoms. The summed E-state index contributed by atoms with van der Waals surface area (Å²) in [5.74, 6) is 0. The normalized spacial score (nSPS) is 7.82. The van der Waals surface area contributed by atoms with Gasteiger partial charge in [-0.05, 0) is 25.5 Å². The van der Waals surface area contributed by atoms with E-state index in [1.165, 1.54) is 5.56 Å². The highest BCUT2D eigenvalue weighted by Gasteiger charge is 1.81. The third-order valence-electron chi connectivity index (χ3n) is 1.06. The Hall–Kier alpha value is -1.38. The molecule has 3 heteroatoms. The van der Waals surface area contributed by atoms with Gasteiger partial charge in [-0.25, -0.2) is 0 Å². The minimum Gasteiger partial charge on any atom is -0.483 e. The second-order valence-corrected chi connectivity index (χ2v) is 2.08. The number of hydrogen-bond donors (Lipinski definition) is 1. The zero-order valence-electron chi connectivity index (χ0n) is 6.61. The van der Waals surface area contributed by atoms with Crippen molar-refractivity contribution in [1.29, 1.82) is 0 Å². The number of rotatable bonds is 0. The predicted octanol–water partition coefficient (Wildman–Crippen LogP) is 1.40. The van der Waals surface area contributed by atoms with Gasteiger partial charge < -0.3 is 5.11 Å². The van der Waals surface area contributed by atoms with Crippen LogP contribution in [0.3, 0.4) is 0 Å². The lowest BCUT2D eigenvalue weighted by atomic mass is 10.3. The van der Waals surface area contributed by atoms with Crippen LogP contribution in [0.5, 0.6) is 0 Å². The number of pyridine rings is 1. The maximum atomic E-state index is 8.36. The molecule has 0 radical (unpaired) electrons. The zero-order valence-corrected chi connectivity index (χ0v) is 6.61. The summed E-state index contributed by atoms with van der Waals surface area (Å²) in [6.07, 6.45) is 1.87. The van der Waals surface area contributed by atoms with Crippen molar-refractivity contribution in [3.63, 3.8) is 0 Å². The van der Waals surface area contributed by atoms with Gasteiger partial charge in [0.1, 0.15) is 0 Å². The highest BCUT2D eigenvalue weighted by atomic mass is 16.3. The van der Waals surface area contributed by atoms with E-state index < -0.39 is 0 Å². The van der Waals surface area contributed by atoms with Crippen LogP contribution in [0.15, 0.2) is 18.3 Å². The molecule has 0 unspecified atom stereocenters. The number of hydrogen-bond acceptors (Lipinski definition) is 2. The minimum atomic E-state index is -0.250.